The standard InChI is InChI=1S/C24H23N2O.C12H10N.Ir/c1-15-13-22(25-14-16(15)2)20-10-6-9-18-19-11-12-21(17-7-4-3-5-8-17)26-24(19)27-23(18)20;1-10-7-8-12(13-9-10)11-5-3-2-4-6-11;/h6,9,11-14,17H,3-5,7-8H2,1-2H3;2-5,7-9H,1H3;/q2*-1;/i2D3,7D2,8D2,17D;;. The maximum absolute atomic E-state index is 8.93. The van der Waals surface area contributed by atoms with Gasteiger partial charge in [0.15, 0.2) is 0 Å². The molecular formula is C36H33IrN3O-2. The van der Waals surface area contributed by atoms with E-state index in [-0.39, 0.29) is 49.9 Å². The zero-order valence-electron chi connectivity index (χ0n) is 30.7. The Labute approximate surface area is 266 Å². The summed E-state index contributed by atoms with van der Waals surface area (Å²) in [7, 11) is 0. The van der Waals surface area contributed by atoms with Gasteiger partial charge in [0.25, 0.3) is 0 Å². The van der Waals surface area contributed by atoms with E-state index in [1.807, 2.05) is 43.5 Å². The number of rotatable bonds is 3. The molecule has 0 amide bonds. The van der Waals surface area contributed by atoms with E-state index >= 15 is 0 Å². The molecule has 4 heterocycles. The number of aromatic nitrogens is 3. The normalized spacial score (nSPS) is 19.9. The van der Waals surface area contributed by atoms with Gasteiger partial charge in [-0.1, -0.05) is 54.0 Å². The molecule has 0 saturated heterocycles. The van der Waals surface area contributed by atoms with E-state index in [1.54, 1.807) is 31.2 Å². The molecule has 4 aromatic heterocycles. The maximum atomic E-state index is 8.93. The Morgan fingerprint density at radius 1 is 0.878 bits per heavy atom. The fourth-order valence-electron chi connectivity index (χ4n) is 4.58. The van der Waals surface area contributed by atoms with Gasteiger partial charge in [-0.3, -0.25) is 0 Å². The second-order valence-electron chi connectivity index (χ2n) is 9.71. The van der Waals surface area contributed by atoms with E-state index in [1.165, 1.54) is 17.8 Å². The van der Waals surface area contributed by atoms with Crippen LogP contribution in [-0.2, 0) is 20.1 Å². The van der Waals surface area contributed by atoms with Crippen molar-refractivity contribution in [1.29, 1.82) is 0 Å². The summed E-state index contributed by atoms with van der Waals surface area (Å²) in [5, 5.41) is 1.34. The van der Waals surface area contributed by atoms with Crippen LogP contribution in [0.15, 0.2) is 83.5 Å². The molecule has 1 fully saturated rings. The van der Waals surface area contributed by atoms with Gasteiger partial charge in [-0.15, -0.1) is 54.1 Å². The van der Waals surface area contributed by atoms with Crippen LogP contribution in [0.3, 0.4) is 0 Å². The number of benzene rings is 2. The molecule has 0 atom stereocenters. The van der Waals surface area contributed by atoms with Gasteiger partial charge in [0, 0.05) is 60.4 Å². The van der Waals surface area contributed by atoms with Crippen LogP contribution in [0.1, 0.15) is 71.3 Å². The Hall–Kier alpha value is -3.66. The summed E-state index contributed by atoms with van der Waals surface area (Å²) >= 11 is 0. The molecule has 0 N–H and O–H groups in total. The number of aryl methyl sites for hydroxylation is 3. The van der Waals surface area contributed by atoms with Gasteiger partial charge in [-0.25, -0.2) is 4.98 Å². The van der Waals surface area contributed by atoms with Crippen molar-refractivity contribution in [2.45, 2.75) is 58.6 Å². The van der Waals surface area contributed by atoms with Crippen LogP contribution >= 0.6 is 0 Å². The monoisotopic (exact) mass is 724 g/mol. The van der Waals surface area contributed by atoms with Gasteiger partial charge in [-0.2, -0.15) is 0 Å². The van der Waals surface area contributed by atoms with Crippen molar-refractivity contribution < 1.29 is 35.5 Å². The van der Waals surface area contributed by atoms with Crippen molar-refractivity contribution in [3.8, 4) is 22.5 Å². The van der Waals surface area contributed by atoms with E-state index in [2.05, 4.69) is 33.2 Å². The van der Waals surface area contributed by atoms with Crippen molar-refractivity contribution in [2.75, 3.05) is 0 Å². The summed E-state index contributed by atoms with van der Waals surface area (Å²) in [6.07, 6.45) is -0.493. The first-order chi connectivity index (χ1) is 22.6. The van der Waals surface area contributed by atoms with Gasteiger partial charge in [0.05, 0.1) is 5.58 Å². The molecule has 6 aromatic rings. The van der Waals surface area contributed by atoms with Crippen LogP contribution in [0.25, 0.3) is 44.6 Å². The van der Waals surface area contributed by atoms with E-state index in [9.17, 15) is 0 Å². The SMILES string of the molecule is Cc1ccc(-c2[c-]cccc2)nc1.[2H]C([2H])([2H])c1cnc(-c2[c-]ccc3c2oc2nc(C4([2H])C([2H])([2H])CCCC4([2H])[2H])ccc23)cc1C.[Ir]. The third kappa shape index (κ3) is 6.32. The maximum Gasteiger partial charge on any atom is 0.216 e. The van der Waals surface area contributed by atoms with Gasteiger partial charge in [0.2, 0.25) is 5.71 Å². The average molecular weight is 724 g/mol. The minimum atomic E-state index is -2.27. The second kappa shape index (κ2) is 12.9. The summed E-state index contributed by atoms with van der Waals surface area (Å²) in [5.74, 6) is -2.19. The molecule has 1 radical (unpaired) electrons. The molecule has 1 aliphatic rings. The predicted molar refractivity (Wildman–Crippen MR) is 162 cm³/mol. The number of furan rings is 1. The minimum Gasteiger partial charge on any atom is -0.486 e. The third-order valence-corrected chi connectivity index (χ3v) is 6.78. The molecule has 1 saturated carbocycles. The number of hydrogen-bond acceptors (Lipinski definition) is 4. The predicted octanol–water partition coefficient (Wildman–Crippen LogP) is 9.36. The minimum absolute atomic E-state index is 0. The molecule has 4 nitrogen and oxygen atoms in total. The van der Waals surface area contributed by atoms with E-state index in [0.717, 1.165) is 11.3 Å². The van der Waals surface area contributed by atoms with Gasteiger partial charge < -0.3 is 14.4 Å². The van der Waals surface area contributed by atoms with Crippen LogP contribution < -0.4 is 0 Å². The quantitative estimate of drug-likeness (QED) is 0.171. The Bertz CT molecular complexity index is 2080. The second-order valence-corrected chi connectivity index (χ2v) is 9.71. The number of pyridine rings is 3. The summed E-state index contributed by atoms with van der Waals surface area (Å²) < 4.78 is 71.7. The third-order valence-electron chi connectivity index (χ3n) is 6.78. The number of nitrogens with zero attached hydrogens (tertiary/aromatic N) is 3. The smallest absolute Gasteiger partial charge is 0.216 e. The van der Waals surface area contributed by atoms with Crippen LogP contribution in [0.4, 0.5) is 0 Å². The first-order valence-corrected chi connectivity index (χ1v) is 13.2. The first kappa shape index (κ1) is 20.3. The van der Waals surface area contributed by atoms with Gasteiger partial charge in [-0.05, 0) is 68.1 Å². The molecule has 1 aliphatic carbocycles. The Kier molecular flexibility index (Phi) is 6.37. The van der Waals surface area contributed by atoms with Crippen molar-refractivity contribution in [3.63, 3.8) is 0 Å². The Balaban J connectivity index is 0.000000280. The molecule has 5 heteroatoms. The first-order valence-electron chi connectivity index (χ1n) is 17.2. The van der Waals surface area contributed by atoms with E-state index in [4.69, 9.17) is 15.4 Å². The molecule has 0 aliphatic heterocycles. The van der Waals surface area contributed by atoms with E-state index in [0.29, 0.717) is 39.6 Å². The largest absolute Gasteiger partial charge is 0.486 e. The molecule has 0 bridgehead atoms. The zero-order chi connectivity index (χ0) is 34.5. The fourth-order valence-corrected chi connectivity index (χ4v) is 4.58. The molecule has 0 spiro atoms. The van der Waals surface area contributed by atoms with Crippen LogP contribution in [-0.4, -0.2) is 15.0 Å². The zero-order valence-corrected chi connectivity index (χ0v) is 25.1. The van der Waals surface area contributed by atoms with Gasteiger partial charge >= 0.3 is 0 Å². The summed E-state index contributed by atoms with van der Waals surface area (Å²) in [5.41, 5.74) is 5.51. The molecule has 209 valence electrons. The summed E-state index contributed by atoms with van der Waals surface area (Å²) in [6, 6.07) is 26.5. The van der Waals surface area contributed by atoms with Crippen molar-refractivity contribution >= 4 is 22.1 Å². The summed E-state index contributed by atoms with van der Waals surface area (Å²) in [4.78, 5) is 13.1. The van der Waals surface area contributed by atoms with Crippen LogP contribution in [0.2, 0.25) is 0 Å². The van der Waals surface area contributed by atoms with Crippen LogP contribution in [0, 0.1) is 32.8 Å². The van der Waals surface area contributed by atoms with Crippen molar-refractivity contribution in [1.82, 2.24) is 15.0 Å². The number of hydrogen-bond donors (Lipinski definition) is 0. The topological polar surface area (TPSA) is 51.8 Å². The molecular weight excluding hydrogens is 683 g/mol. The van der Waals surface area contributed by atoms with Crippen molar-refractivity contribution in [3.05, 3.63) is 114 Å². The van der Waals surface area contributed by atoms with Crippen molar-refractivity contribution in [2.24, 2.45) is 0 Å². The molecule has 7 rings (SSSR count). The fraction of sp³-hybridized carbons (Fsp3) is 0.250. The van der Waals surface area contributed by atoms with Crippen LogP contribution in [0.5, 0.6) is 0 Å². The summed E-state index contributed by atoms with van der Waals surface area (Å²) in [6.45, 7) is 1.47. The average Bonchev–Trinajstić information content (AvgIpc) is 3.42. The van der Waals surface area contributed by atoms with E-state index < -0.39 is 25.5 Å². The Morgan fingerprint density at radius 2 is 1.73 bits per heavy atom. The number of fused-ring (bicyclic) bond motifs is 3. The Morgan fingerprint density at radius 3 is 2.46 bits per heavy atom. The molecule has 41 heavy (non-hydrogen) atoms. The molecule has 2 aromatic carbocycles. The van der Waals surface area contributed by atoms with Gasteiger partial charge in [0.1, 0.15) is 0 Å². The molecule has 0 unspecified atom stereocenters.